The molecule has 1 rings (SSSR count). The van der Waals surface area contributed by atoms with Crippen LogP contribution < -0.4 is 5.32 Å². The fourth-order valence-corrected chi connectivity index (χ4v) is 2.60. The van der Waals surface area contributed by atoms with Gasteiger partial charge >= 0.3 is 11.9 Å². The minimum Gasteiger partial charge on any atom is -0.480 e. The van der Waals surface area contributed by atoms with E-state index in [2.05, 4.69) is 5.32 Å². The molecule has 0 radical (unpaired) electrons. The van der Waals surface area contributed by atoms with Crippen molar-refractivity contribution in [1.82, 2.24) is 10.2 Å². The first-order chi connectivity index (χ1) is 10.3. The number of hydrogen-bond acceptors (Lipinski definition) is 4. The second kappa shape index (κ2) is 8.73. The van der Waals surface area contributed by atoms with Gasteiger partial charge in [-0.3, -0.25) is 19.7 Å². The Morgan fingerprint density at radius 1 is 1.27 bits per heavy atom. The van der Waals surface area contributed by atoms with E-state index in [-0.39, 0.29) is 12.5 Å². The smallest absolute Gasteiger partial charge is 0.323 e. The summed E-state index contributed by atoms with van der Waals surface area (Å²) in [5, 5.41) is 21.1. The van der Waals surface area contributed by atoms with Crippen molar-refractivity contribution >= 4 is 17.8 Å². The zero-order chi connectivity index (χ0) is 16.7. The van der Waals surface area contributed by atoms with Gasteiger partial charge in [0.25, 0.3) is 0 Å². The van der Waals surface area contributed by atoms with Crippen LogP contribution in [0, 0.1) is 5.92 Å². The van der Waals surface area contributed by atoms with Gasteiger partial charge < -0.3 is 15.1 Å². The molecular formula is C15H26N2O5. The van der Waals surface area contributed by atoms with E-state index >= 15 is 0 Å². The molecule has 0 aromatic heterocycles. The van der Waals surface area contributed by atoms with Crippen LogP contribution >= 0.6 is 0 Å². The van der Waals surface area contributed by atoms with Crippen molar-refractivity contribution in [3.8, 4) is 0 Å². The normalized spacial score (nSPS) is 20.8. The van der Waals surface area contributed by atoms with E-state index in [9.17, 15) is 19.5 Å². The van der Waals surface area contributed by atoms with Gasteiger partial charge in [-0.25, -0.2) is 0 Å². The summed E-state index contributed by atoms with van der Waals surface area (Å²) in [5.74, 6) is -1.95. The highest BCUT2D eigenvalue weighted by molar-refractivity contribution is 5.86. The quantitative estimate of drug-likeness (QED) is 0.615. The van der Waals surface area contributed by atoms with Crippen molar-refractivity contribution in [3.05, 3.63) is 0 Å². The van der Waals surface area contributed by atoms with E-state index in [0.717, 1.165) is 19.3 Å². The third kappa shape index (κ3) is 6.01. The van der Waals surface area contributed by atoms with Gasteiger partial charge in [-0.15, -0.1) is 0 Å². The van der Waals surface area contributed by atoms with Crippen LogP contribution in [0.25, 0.3) is 0 Å². The molecule has 1 amide bonds. The third-order valence-electron chi connectivity index (χ3n) is 3.84. The van der Waals surface area contributed by atoms with Gasteiger partial charge in [0.15, 0.2) is 0 Å². The lowest BCUT2D eigenvalue weighted by Crippen LogP contribution is -2.52. The lowest BCUT2D eigenvalue weighted by atomic mass is 10.0. The number of carboxylic acids is 2. The van der Waals surface area contributed by atoms with Gasteiger partial charge in [0, 0.05) is 6.54 Å². The number of carbonyl (C=O) groups is 3. The number of amides is 1. The molecule has 1 unspecified atom stereocenters. The van der Waals surface area contributed by atoms with Gasteiger partial charge in [-0.1, -0.05) is 13.8 Å². The van der Waals surface area contributed by atoms with Crippen LogP contribution in [0.3, 0.4) is 0 Å². The average Bonchev–Trinajstić information content (AvgIpc) is 2.57. The summed E-state index contributed by atoms with van der Waals surface area (Å²) in [7, 11) is 0. The Labute approximate surface area is 130 Å². The number of carbonyl (C=O) groups excluding carboxylic acids is 1. The van der Waals surface area contributed by atoms with Crippen LogP contribution in [0.2, 0.25) is 0 Å². The molecule has 1 saturated heterocycles. The average molecular weight is 314 g/mol. The molecule has 0 aliphatic carbocycles. The SMILES string of the molecule is CC(C)CC[C@H](NC1CCCCN(CC(=O)O)C1=O)C(=O)O. The highest BCUT2D eigenvalue weighted by Gasteiger charge is 2.31. The lowest BCUT2D eigenvalue weighted by molar-refractivity contribution is -0.146. The third-order valence-corrected chi connectivity index (χ3v) is 3.84. The molecule has 7 heteroatoms. The van der Waals surface area contributed by atoms with Crippen molar-refractivity contribution in [2.75, 3.05) is 13.1 Å². The molecule has 22 heavy (non-hydrogen) atoms. The van der Waals surface area contributed by atoms with Crippen LogP contribution in [0.4, 0.5) is 0 Å². The Balaban J connectivity index is 2.71. The lowest BCUT2D eigenvalue weighted by Gasteiger charge is -2.26. The first-order valence-corrected chi connectivity index (χ1v) is 7.80. The molecule has 3 N–H and O–H groups in total. The van der Waals surface area contributed by atoms with Crippen LogP contribution in [0.1, 0.15) is 46.0 Å². The Morgan fingerprint density at radius 3 is 2.50 bits per heavy atom. The highest BCUT2D eigenvalue weighted by atomic mass is 16.4. The molecule has 1 heterocycles. The molecule has 0 bridgehead atoms. The molecular weight excluding hydrogens is 288 g/mol. The summed E-state index contributed by atoms with van der Waals surface area (Å²) < 4.78 is 0. The first-order valence-electron chi connectivity index (χ1n) is 7.80. The number of aliphatic carboxylic acids is 2. The topological polar surface area (TPSA) is 107 Å². The Hall–Kier alpha value is -1.63. The standard InChI is InChI=1S/C15H26N2O5/c1-10(2)6-7-12(15(21)22)16-11-5-3-4-8-17(14(11)20)9-13(18)19/h10-12,16H,3-9H2,1-2H3,(H,18,19)(H,21,22)/t11?,12-/m0/s1. The number of nitrogens with one attached hydrogen (secondary N) is 1. The Morgan fingerprint density at radius 2 is 1.95 bits per heavy atom. The molecule has 0 saturated carbocycles. The molecule has 126 valence electrons. The molecule has 0 aromatic rings. The molecule has 1 aliphatic heterocycles. The summed E-state index contributed by atoms with van der Waals surface area (Å²) in [6.45, 7) is 4.11. The molecule has 0 spiro atoms. The van der Waals surface area contributed by atoms with E-state index in [0.29, 0.717) is 25.3 Å². The number of nitrogens with zero attached hydrogens (tertiary/aromatic N) is 1. The van der Waals surface area contributed by atoms with E-state index in [1.165, 1.54) is 4.90 Å². The molecule has 7 nitrogen and oxygen atoms in total. The van der Waals surface area contributed by atoms with Crippen molar-refractivity contribution in [3.63, 3.8) is 0 Å². The van der Waals surface area contributed by atoms with Gasteiger partial charge in [-0.2, -0.15) is 0 Å². The minimum atomic E-state index is -1.05. The van der Waals surface area contributed by atoms with Crippen molar-refractivity contribution in [1.29, 1.82) is 0 Å². The predicted molar refractivity (Wildman–Crippen MR) is 80.5 cm³/mol. The van der Waals surface area contributed by atoms with Crippen molar-refractivity contribution < 1.29 is 24.6 Å². The predicted octanol–water partition coefficient (Wildman–Crippen LogP) is 0.931. The first kappa shape index (κ1) is 18.4. The van der Waals surface area contributed by atoms with Gasteiger partial charge in [0.05, 0.1) is 6.04 Å². The maximum Gasteiger partial charge on any atom is 0.323 e. The summed E-state index contributed by atoms with van der Waals surface area (Å²) in [6, 6.07) is -1.39. The van der Waals surface area contributed by atoms with Gasteiger partial charge in [0.1, 0.15) is 12.6 Å². The minimum absolute atomic E-state index is 0.310. The Kier molecular flexibility index (Phi) is 7.31. The maximum atomic E-state index is 12.4. The molecule has 2 atom stereocenters. The van der Waals surface area contributed by atoms with Crippen LogP contribution in [-0.2, 0) is 14.4 Å². The largest absolute Gasteiger partial charge is 0.480 e. The van der Waals surface area contributed by atoms with Crippen molar-refractivity contribution in [2.24, 2.45) is 5.92 Å². The second-order valence-electron chi connectivity index (χ2n) is 6.23. The van der Waals surface area contributed by atoms with E-state index in [1.54, 1.807) is 0 Å². The molecule has 1 aliphatic rings. The monoisotopic (exact) mass is 314 g/mol. The number of rotatable bonds is 8. The zero-order valence-corrected chi connectivity index (χ0v) is 13.2. The zero-order valence-electron chi connectivity index (χ0n) is 13.2. The summed E-state index contributed by atoms with van der Waals surface area (Å²) in [5.41, 5.74) is 0. The molecule has 1 fully saturated rings. The second-order valence-corrected chi connectivity index (χ2v) is 6.23. The van der Waals surface area contributed by atoms with E-state index in [1.807, 2.05) is 13.8 Å². The van der Waals surface area contributed by atoms with E-state index < -0.39 is 24.0 Å². The van der Waals surface area contributed by atoms with Crippen LogP contribution in [0.15, 0.2) is 0 Å². The molecule has 0 aromatic carbocycles. The Bertz CT molecular complexity index is 411. The summed E-state index contributed by atoms with van der Waals surface area (Å²) >= 11 is 0. The maximum absolute atomic E-state index is 12.4. The highest BCUT2D eigenvalue weighted by Crippen LogP contribution is 2.15. The summed E-state index contributed by atoms with van der Waals surface area (Å²) in [4.78, 5) is 35.9. The van der Waals surface area contributed by atoms with Gasteiger partial charge in [-0.05, 0) is 38.0 Å². The fraction of sp³-hybridized carbons (Fsp3) is 0.800. The number of hydrogen-bond donors (Lipinski definition) is 3. The number of likely N-dealkylation sites (tertiary alicyclic amines) is 1. The fourth-order valence-electron chi connectivity index (χ4n) is 2.60. The summed E-state index contributed by atoms with van der Waals surface area (Å²) in [6.07, 6.45) is 3.26. The van der Waals surface area contributed by atoms with Crippen LogP contribution in [0.5, 0.6) is 0 Å². The number of carboxylic acid groups (broad SMARTS) is 2. The van der Waals surface area contributed by atoms with Crippen LogP contribution in [-0.4, -0.2) is 58.1 Å². The van der Waals surface area contributed by atoms with E-state index in [4.69, 9.17) is 5.11 Å². The van der Waals surface area contributed by atoms with Gasteiger partial charge in [0.2, 0.25) is 5.91 Å². The van der Waals surface area contributed by atoms with Crippen molar-refractivity contribution in [2.45, 2.75) is 58.0 Å².